The molecule has 0 radical (unpaired) electrons. The Balaban J connectivity index is 0.00000133. The Bertz CT molecular complexity index is 1220. The van der Waals surface area contributed by atoms with Gasteiger partial charge in [0.15, 0.2) is 24.8 Å². The molecule has 0 aliphatic heterocycles. The van der Waals surface area contributed by atoms with Crippen molar-refractivity contribution in [1.82, 2.24) is 9.97 Å². The molecule has 5 aromatic rings. The maximum atomic E-state index is 7.00. The van der Waals surface area contributed by atoms with E-state index in [0.29, 0.717) is 0 Å². The van der Waals surface area contributed by atoms with Crippen LogP contribution in [0.3, 0.4) is 0 Å². The Labute approximate surface area is 200 Å². The number of nitrogens with zero attached hydrogens (tertiary/aromatic N) is 4. The molecule has 2 aromatic carbocycles. The maximum absolute atomic E-state index is 7.00. The third-order valence-electron chi connectivity index (χ3n) is 5.57. The lowest BCUT2D eigenvalue weighted by Gasteiger charge is -2.03. The monoisotopic (exact) mass is 448 g/mol. The minimum absolute atomic E-state index is 0.857. The summed E-state index contributed by atoms with van der Waals surface area (Å²) in [6.07, 6.45) is 11.9. The van der Waals surface area contributed by atoms with Crippen LogP contribution in [0, 0.1) is 13.8 Å². The van der Waals surface area contributed by atoms with Gasteiger partial charge in [-0.05, 0) is 13.8 Å². The summed E-state index contributed by atoms with van der Waals surface area (Å²) in [5.41, 5.74) is 8.57. The standard InChI is InChI=1S/C28H24N4.CH4O/c1-21-3-7-25(8-4-21)31-15-11-23(12-16-31)27-19-30-28(20-29-27)24-13-17-32(18-14-24)26-9-5-22(2)6-10-26;1-2/h3-20H,1-2H3;2H,1H3/q+2;. The van der Waals surface area contributed by atoms with Gasteiger partial charge in [-0.1, -0.05) is 35.4 Å². The fraction of sp³-hybridized carbons (Fsp3) is 0.103. The molecule has 5 nitrogen and oxygen atoms in total. The maximum Gasteiger partial charge on any atom is 0.210 e. The summed E-state index contributed by atoms with van der Waals surface area (Å²) in [6, 6.07) is 25.2. The molecule has 0 atom stereocenters. The van der Waals surface area contributed by atoms with Crippen molar-refractivity contribution in [3.8, 4) is 33.9 Å². The lowest BCUT2D eigenvalue weighted by molar-refractivity contribution is -0.595. The molecule has 3 heterocycles. The number of aryl methyl sites for hydroxylation is 2. The van der Waals surface area contributed by atoms with Gasteiger partial charge in [-0.2, -0.15) is 9.13 Å². The molecule has 0 unspecified atom stereocenters. The van der Waals surface area contributed by atoms with Crippen LogP contribution in [0.1, 0.15) is 11.1 Å². The number of hydrogen-bond acceptors (Lipinski definition) is 3. The van der Waals surface area contributed by atoms with E-state index < -0.39 is 0 Å². The van der Waals surface area contributed by atoms with Gasteiger partial charge in [0.1, 0.15) is 0 Å². The number of aliphatic hydroxyl groups is 1. The van der Waals surface area contributed by atoms with Crippen LogP contribution >= 0.6 is 0 Å². The second kappa shape index (κ2) is 10.6. The van der Waals surface area contributed by atoms with Gasteiger partial charge in [0, 0.05) is 66.8 Å². The van der Waals surface area contributed by atoms with Crippen molar-refractivity contribution in [1.29, 1.82) is 0 Å². The van der Waals surface area contributed by atoms with Crippen molar-refractivity contribution < 1.29 is 14.2 Å². The summed E-state index contributed by atoms with van der Waals surface area (Å²) in [6.45, 7) is 4.19. The van der Waals surface area contributed by atoms with E-state index in [1.807, 2.05) is 12.4 Å². The zero-order valence-electron chi connectivity index (χ0n) is 19.6. The highest BCUT2D eigenvalue weighted by atomic mass is 16.2. The first-order valence-corrected chi connectivity index (χ1v) is 11.1. The normalized spacial score (nSPS) is 10.4. The van der Waals surface area contributed by atoms with Gasteiger partial charge in [-0.25, -0.2) is 0 Å². The fourth-order valence-electron chi connectivity index (χ4n) is 3.60. The van der Waals surface area contributed by atoms with Gasteiger partial charge >= 0.3 is 0 Å². The highest BCUT2D eigenvalue weighted by Gasteiger charge is 2.10. The zero-order chi connectivity index (χ0) is 23.9. The molecule has 1 N–H and O–H groups in total. The van der Waals surface area contributed by atoms with Crippen molar-refractivity contribution in [2.75, 3.05) is 7.11 Å². The Kier molecular flexibility index (Phi) is 7.16. The molecule has 168 valence electrons. The van der Waals surface area contributed by atoms with Gasteiger partial charge in [0.2, 0.25) is 11.4 Å². The van der Waals surface area contributed by atoms with E-state index in [9.17, 15) is 0 Å². The molecule has 5 rings (SSSR count). The molecule has 0 aliphatic carbocycles. The van der Waals surface area contributed by atoms with Crippen LogP contribution in [0.25, 0.3) is 33.9 Å². The minimum Gasteiger partial charge on any atom is -0.400 e. The van der Waals surface area contributed by atoms with E-state index in [4.69, 9.17) is 5.11 Å². The first-order valence-electron chi connectivity index (χ1n) is 11.1. The Hall–Kier alpha value is -4.22. The van der Waals surface area contributed by atoms with Crippen molar-refractivity contribution in [2.45, 2.75) is 13.8 Å². The van der Waals surface area contributed by atoms with Crippen LogP contribution in [0.5, 0.6) is 0 Å². The minimum atomic E-state index is 0.857. The quantitative estimate of drug-likeness (QED) is 0.409. The molecule has 5 heteroatoms. The van der Waals surface area contributed by atoms with Crippen LogP contribution in [0.15, 0.2) is 110 Å². The molecular formula is C29H28N4O+2. The molecule has 3 aromatic heterocycles. The van der Waals surface area contributed by atoms with Crippen molar-refractivity contribution >= 4 is 0 Å². The number of hydrogen-bond donors (Lipinski definition) is 1. The number of benzene rings is 2. The first-order chi connectivity index (χ1) is 16.7. The summed E-state index contributed by atoms with van der Waals surface area (Å²) in [4.78, 5) is 9.30. The highest BCUT2D eigenvalue weighted by Crippen LogP contribution is 2.19. The Morgan fingerprint density at radius 2 is 0.824 bits per heavy atom. The third kappa shape index (κ3) is 5.22. The highest BCUT2D eigenvalue weighted by molar-refractivity contribution is 5.61. The van der Waals surface area contributed by atoms with Crippen molar-refractivity contribution in [2.24, 2.45) is 0 Å². The molecule has 0 spiro atoms. The lowest BCUT2D eigenvalue weighted by atomic mass is 10.1. The van der Waals surface area contributed by atoms with E-state index >= 15 is 0 Å². The Morgan fingerprint density at radius 3 is 1.12 bits per heavy atom. The van der Waals surface area contributed by atoms with E-state index in [0.717, 1.165) is 41.0 Å². The summed E-state index contributed by atoms with van der Waals surface area (Å²) in [5.74, 6) is 0. The second-order valence-corrected chi connectivity index (χ2v) is 7.95. The van der Waals surface area contributed by atoms with Crippen molar-refractivity contribution in [3.05, 3.63) is 121 Å². The lowest BCUT2D eigenvalue weighted by Crippen LogP contribution is -2.29. The number of rotatable bonds is 4. The zero-order valence-corrected chi connectivity index (χ0v) is 19.6. The van der Waals surface area contributed by atoms with Crippen LogP contribution < -0.4 is 9.13 Å². The number of aromatic nitrogens is 4. The molecular weight excluding hydrogens is 420 g/mol. The molecule has 0 bridgehead atoms. The summed E-state index contributed by atoms with van der Waals surface area (Å²) >= 11 is 0. The van der Waals surface area contributed by atoms with Gasteiger partial charge in [0.05, 0.1) is 23.8 Å². The second-order valence-electron chi connectivity index (χ2n) is 7.95. The van der Waals surface area contributed by atoms with E-state index in [1.165, 1.54) is 11.1 Å². The molecule has 0 saturated heterocycles. The van der Waals surface area contributed by atoms with Crippen LogP contribution in [-0.2, 0) is 0 Å². The Morgan fingerprint density at radius 1 is 0.500 bits per heavy atom. The topological polar surface area (TPSA) is 53.8 Å². The van der Waals surface area contributed by atoms with Crippen LogP contribution in [0.2, 0.25) is 0 Å². The molecule has 0 aliphatic rings. The summed E-state index contributed by atoms with van der Waals surface area (Å²) < 4.78 is 4.19. The predicted molar refractivity (Wildman–Crippen MR) is 134 cm³/mol. The first kappa shape index (κ1) is 23.0. The largest absolute Gasteiger partial charge is 0.400 e. The van der Waals surface area contributed by atoms with Gasteiger partial charge in [-0.3, -0.25) is 9.97 Å². The summed E-state index contributed by atoms with van der Waals surface area (Å²) in [7, 11) is 1.00. The third-order valence-corrected chi connectivity index (χ3v) is 5.57. The average Bonchev–Trinajstić information content (AvgIpc) is 2.91. The smallest absolute Gasteiger partial charge is 0.210 e. The molecule has 0 saturated carbocycles. The van der Waals surface area contributed by atoms with E-state index in [-0.39, 0.29) is 0 Å². The number of aliphatic hydroxyl groups excluding tert-OH is 1. The van der Waals surface area contributed by atoms with Crippen LogP contribution in [0.4, 0.5) is 0 Å². The van der Waals surface area contributed by atoms with Gasteiger partial charge in [-0.15, -0.1) is 0 Å². The van der Waals surface area contributed by atoms with Gasteiger partial charge < -0.3 is 5.11 Å². The molecule has 0 fully saturated rings. The number of pyridine rings is 2. The molecule has 0 amide bonds. The predicted octanol–water partition coefficient (Wildman–Crippen LogP) is 4.59. The van der Waals surface area contributed by atoms with E-state index in [2.05, 4.69) is 131 Å². The summed E-state index contributed by atoms with van der Waals surface area (Å²) in [5, 5.41) is 7.00. The average molecular weight is 449 g/mol. The van der Waals surface area contributed by atoms with Gasteiger partial charge in [0.25, 0.3) is 0 Å². The SMILES string of the molecule is CO.Cc1ccc(-[n+]2ccc(-c3cnc(-c4cc[n+](-c5ccc(C)cc5)cc4)cn3)cc2)cc1. The van der Waals surface area contributed by atoms with Crippen molar-refractivity contribution in [3.63, 3.8) is 0 Å². The molecule has 34 heavy (non-hydrogen) atoms. The fourth-order valence-corrected chi connectivity index (χ4v) is 3.60. The van der Waals surface area contributed by atoms with E-state index in [1.54, 1.807) is 0 Å². The van der Waals surface area contributed by atoms with Crippen LogP contribution in [-0.4, -0.2) is 22.2 Å².